The van der Waals surface area contributed by atoms with Crippen molar-refractivity contribution in [2.24, 2.45) is 5.92 Å². The zero-order chi connectivity index (χ0) is 20.2. The lowest BCUT2D eigenvalue weighted by Gasteiger charge is -2.36. The number of nitrogens with zero attached hydrogens (tertiary/aromatic N) is 3. The number of anilines is 1. The average Bonchev–Trinajstić information content (AvgIpc) is 3.42. The molecule has 0 N–H and O–H groups in total. The summed E-state index contributed by atoms with van der Waals surface area (Å²) in [7, 11) is 0. The van der Waals surface area contributed by atoms with E-state index in [-0.39, 0.29) is 30.9 Å². The van der Waals surface area contributed by atoms with Gasteiger partial charge in [0.05, 0.1) is 5.92 Å². The smallest absolute Gasteiger partial charge is 0.311 e. The Hall–Kier alpha value is -2.57. The fraction of sp³-hybridized carbons (Fsp3) is 0.591. The third kappa shape index (κ3) is 4.54. The summed E-state index contributed by atoms with van der Waals surface area (Å²) in [6.45, 7) is 2.95. The molecule has 1 atom stereocenters. The number of hydrogen-bond donors (Lipinski definition) is 0. The summed E-state index contributed by atoms with van der Waals surface area (Å²) in [6, 6.07) is 10.4. The van der Waals surface area contributed by atoms with Crippen LogP contribution in [0.3, 0.4) is 0 Å². The molecule has 0 aromatic heterocycles. The highest BCUT2D eigenvalue weighted by Gasteiger charge is 2.39. The van der Waals surface area contributed by atoms with Gasteiger partial charge in [-0.2, -0.15) is 0 Å². The molecule has 156 valence electrons. The minimum atomic E-state index is -0.439. The number of piperazine rings is 1. The average molecular weight is 399 g/mol. The van der Waals surface area contributed by atoms with Crippen LogP contribution >= 0.6 is 0 Å². The Kier molecular flexibility index (Phi) is 6.02. The van der Waals surface area contributed by atoms with Crippen molar-refractivity contribution in [1.29, 1.82) is 0 Å². The van der Waals surface area contributed by atoms with E-state index in [2.05, 4.69) is 17.0 Å². The third-order valence-corrected chi connectivity index (χ3v) is 6.35. The fourth-order valence-electron chi connectivity index (χ4n) is 4.65. The molecule has 3 fully saturated rings. The number of likely N-dealkylation sites (tertiary alicyclic amines) is 1. The van der Waals surface area contributed by atoms with Crippen LogP contribution in [0.25, 0.3) is 0 Å². The molecule has 7 nitrogen and oxygen atoms in total. The molecule has 1 saturated carbocycles. The van der Waals surface area contributed by atoms with Crippen molar-refractivity contribution in [1.82, 2.24) is 9.80 Å². The maximum Gasteiger partial charge on any atom is 0.311 e. The second kappa shape index (κ2) is 8.84. The van der Waals surface area contributed by atoms with Gasteiger partial charge in [-0.05, 0) is 25.0 Å². The number of carbonyl (C=O) groups excluding carboxylic acids is 3. The SMILES string of the molecule is O=C(OCC(=O)N1CCN(c2ccccc2)CC1)[C@@H]1CC(=O)N(C2CCCC2)C1. The molecule has 2 saturated heterocycles. The van der Waals surface area contributed by atoms with Crippen LogP contribution in [0.5, 0.6) is 0 Å². The Balaban J connectivity index is 1.21. The number of ether oxygens (including phenoxy) is 1. The van der Waals surface area contributed by atoms with Crippen molar-refractivity contribution < 1.29 is 19.1 Å². The summed E-state index contributed by atoms with van der Waals surface area (Å²) >= 11 is 0. The van der Waals surface area contributed by atoms with Crippen molar-refractivity contribution in [3.63, 3.8) is 0 Å². The van der Waals surface area contributed by atoms with Gasteiger partial charge in [0.25, 0.3) is 5.91 Å². The molecule has 0 bridgehead atoms. The quantitative estimate of drug-likeness (QED) is 0.705. The van der Waals surface area contributed by atoms with E-state index in [1.807, 2.05) is 23.1 Å². The van der Waals surface area contributed by atoms with E-state index in [1.54, 1.807) is 4.90 Å². The molecule has 0 radical (unpaired) electrons. The Morgan fingerprint density at radius 1 is 1.00 bits per heavy atom. The summed E-state index contributed by atoms with van der Waals surface area (Å²) in [5.74, 6) is -0.980. The second-order valence-corrected chi connectivity index (χ2v) is 8.20. The van der Waals surface area contributed by atoms with E-state index < -0.39 is 11.9 Å². The first-order valence-electron chi connectivity index (χ1n) is 10.7. The first-order valence-corrected chi connectivity index (χ1v) is 10.7. The molecule has 0 spiro atoms. The summed E-state index contributed by atoms with van der Waals surface area (Å²) < 4.78 is 5.29. The maximum atomic E-state index is 12.5. The molecule has 0 unspecified atom stereocenters. The lowest BCUT2D eigenvalue weighted by atomic mass is 10.1. The van der Waals surface area contributed by atoms with Crippen LogP contribution in [0.15, 0.2) is 30.3 Å². The van der Waals surface area contributed by atoms with Gasteiger partial charge in [-0.3, -0.25) is 14.4 Å². The van der Waals surface area contributed by atoms with Crippen LogP contribution < -0.4 is 4.90 Å². The van der Waals surface area contributed by atoms with Gasteiger partial charge < -0.3 is 19.4 Å². The Morgan fingerprint density at radius 2 is 1.69 bits per heavy atom. The van der Waals surface area contributed by atoms with E-state index in [0.717, 1.165) is 44.5 Å². The highest BCUT2D eigenvalue weighted by Crippen LogP contribution is 2.29. The normalized spacial score (nSPS) is 23.0. The van der Waals surface area contributed by atoms with Gasteiger partial charge in [-0.1, -0.05) is 31.0 Å². The number of amides is 2. The van der Waals surface area contributed by atoms with Crippen LogP contribution in [0, 0.1) is 5.92 Å². The van der Waals surface area contributed by atoms with Crippen LogP contribution in [-0.4, -0.2) is 73.0 Å². The Bertz CT molecular complexity index is 740. The number of hydrogen-bond acceptors (Lipinski definition) is 5. The number of rotatable bonds is 5. The van der Waals surface area contributed by atoms with Crippen LogP contribution in [0.2, 0.25) is 0 Å². The summed E-state index contributed by atoms with van der Waals surface area (Å²) in [4.78, 5) is 42.9. The monoisotopic (exact) mass is 399 g/mol. The van der Waals surface area contributed by atoms with Crippen molar-refractivity contribution in [2.75, 3.05) is 44.2 Å². The maximum absolute atomic E-state index is 12.5. The summed E-state index contributed by atoms with van der Waals surface area (Å²) in [5, 5.41) is 0. The predicted octanol–water partition coefficient (Wildman–Crippen LogP) is 1.67. The van der Waals surface area contributed by atoms with Crippen LogP contribution in [0.4, 0.5) is 5.69 Å². The zero-order valence-electron chi connectivity index (χ0n) is 16.8. The van der Waals surface area contributed by atoms with Gasteiger partial charge >= 0.3 is 5.97 Å². The zero-order valence-corrected chi connectivity index (χ0v) is 16.8. The highest BCUT2D eigenvalue weighted by molar-refractivity contribution is 5.88. The van der Waals surface area contributed by atoms with Crippen LogP contribution in [0.1, 0.15) is 32.1 Å². The van der Waals surface area contributed by atoms with Gasteiger partial charge in [-0.15, -0.1) is 0 Å². The first kappa shape index (κ1) is 19.7. The highest BCUT2D eigenvalue weighted by atomic mass is 16.5. The first-order chi connectivity index (χ1) is 14.1. The molecule has 2 amide bonds. The van der Waals surface area contributed by atoms with Crippen molar-refractivity contribution in [3.05, 3.63) is 30.3 Å². The topological polar surface area (TPSA) is 70.2 Å². The molecule has 2 aliphatic heterocycles. The molecule has 4 rings (SSSR count). The van der Waals surface area contributed by atoms with E-state index in [1.165, 1.54) is 0 Å². The molecule has 7 heteroatoms. The molecular formula is C22H29N3O4. The molecule has 1 aromatic carbocycles. The van der Waals surface area contributed by atoms with Gasteiger partial charge in [0.15, 0.2) is 6.61 Å². The van der Waals surface area contributed by atoms with E-state index in [4.69, 9.17) is 4.74 Å². The van der Waals surface area contributed by atoms with Crippen molar-refractivity contribution in [3.8, 4) is 0 Å². The van der Waals surface area contributed by atoms with Gasteiger partial charge in [0.2, 0.25) is 5.91 Å². The Morgan fingerprint density at radius 3 is 2.38 bits per heavy atom. The predicted molar refractivity (Wildman–Crippen MR) is 108 cm³/mol. The number of benzene rings is 1. The number of para-hydroxylation sites is 1. The van der Waals surface area contributed by atoms with Crippen molar-refractivity contribution >= 4 is 23.5 Å². The third-order valence-electron chi connectivity index (χ3n) is 6.35. The lowest BCUT2D eigenvalue weighted by molar-refractivity contribution is -0.155. The van der Waals surface area contributed by atoms with Crippen LogP contribution in [-0.2, 0) is 19.1 Å². The lowest BCUT2D eigenvalue weighted by Crippen LogP contribution is -2.50. The molecule has 3 aliphatic rings. The largest absolute Gasteiger partial charge is 0.455 e. The summed E-state index contributed by atoms with van der Waals surface area (Å²) in [6.07, 6.45) is 4.56. The molecule has 2 heterocycles. The molecular weight excluding hydrogens is 370 g/mol. The minimum Gasteiger partial charge on any atom is -0.455 e. The van der Waals surface area contributed by atoms with Gasteiger partial charge in [0, 0.05) is 50.9 Å². The number of carbonyl (C=O) groups is 3. The summed E-state index contributed by atoms with van der Waals surface area (Å²) in [5.41, 5.74) is 1.16. The fourth-order valence-corrected chi connectivity index (χ4v) is 4.65. The van der Waals surface area contributed by atoms with Crippen molar-refractivity contribution in [2.45, 2.75) is 38.1 Å². The minimum absolute atomic E-state index is 0.0437. The van der Waals surface area contributed by atoms with Gasteiger partial charge in [0.1, 0.15) is 0 Å². The second-order valence-electron chi connectivity index (χ2n) is 8.20. The van der Waals surface area contributed by atoms with Gasteiger partial charge in [-0.25, -0.2) is 0 Å². The van der Waals surface area contributed by atoms with E-state index in [9.17, 15) is 14.4 Å². The van der Waals surface area contributed by atoms with E-state index in [0.29, 0.717) is 19.6 Å². The molecule has 1 aromatic rings. The Labute approximate surface area is 171 Å². The van der Waals surface area contributed by atoms with E-state index >= 15 is 0 Å². The standard InChI is InChI=1S/C22H29N3O4/c26-20-14-17(15-25(20)19-8-4-5-9-19)22(28)29-16-21(27)24-12-10-23(11-13-24)18-6-2-1-3-7-18/h1-3,6-7,17,19H,4-5,8-16H2/t17-/m1/s1. The molecule has 29 heavy (non-hydrogen) atoms. The molecule has 1 aliphatic carbocycles. The number of esters is 1.